The maximum Gasteiger partial charge on any atom is 0.291 e. The second-order valence-electron chi connectivity index (χ2n) is 4.73. The fourth-order valence-electron chi connectivity index (χ4n) is 1.91. The lowest BCUT2D eigenvalue weighted by Gasteiger charge is -2.03. The van der Waals surface area contributed by atoms with Gasteiger partial charge in [0, 0.05) is 28.9 Å². The SMILES string of the molecule is O=C(Nc1cccc(Cl)c1)c1ccc(SCc2ccncc2)o1. The minimum Gasteiger partial charge on any atom is -0.445 e. The molecule has 116 valence electrons. The minimum atomic E-state index is -0.303. The molecule has 23 heavy (non-hydrogen) atoms. The van der Waals surface area contributed by atoms with Gasteiger partial charge in [0.05, 0.1) is 0 Å². The van der Waals surface area contributed by atoms with E-state index in [1.54, 1.807) is 48.8 Å². The second-order valence-corrected chi connectivity index (χ2v) is 6.14. The number of carbonyl (C=O) groups excluding carboxylic acids is 1. The number of carbonyl (C=O) groups is 1. The summed E-state index contributed by atoms with van der Waals surface area (Å²) in [6, 6.07) is 14.3. The van der Waals surface area contributed by atoms with Crippen LogP contribution in [0.2, 0.25) is 5.02 Å². The van der Waals surface area contributed by atoms with Gasteiger partial charge in [-0.05, 0) is 48.0 Å². The number of furan rings is 1. The highest BCUT2D eigenvalue weighted by Gasteiger charge is 2.12. The molecular weight excluding hydrogens is 332 g/mol. The molecule has 0 saturated heterocycles. The quantitative estimate of drug-likeness (QED) is 0.671. The molecule has 0 aliphatic carbocycles. The van der Waals surface area contributed by atoms with Crippen molar-refractivity contribution >= 4 is 35.0 Å². The van der Waals surface area contributed by atoms with Crippen molar-refractivity contribution in [3.63, 3.8) is 0 Å². The monoisotopic (exact) mass is 344 g/mol. The number of benzene rings is 1. The van der Waals surface area contributed by atoms with E-state index >= 15 is 0 Å². The fourth-order valence-corrected chi connectivity index (χ4v) is 2.92. The molecule has 0 unspecified atom stereocenters. The summed E-state index contributed by atoms with van der Waals surface area (Å²) in [4.78, 5) is 16.1. The number of rotatable bonds is 5. The molecule has 1 amide bonds. The zero-order valence-electron chi connectivity index (χ0n) is 12.0. The molecule has 2 heterocycles. The van der Waals surface area contributed by atoms with Crippen molar-refractivity contribution in [1.29, 1.82) is 0 Å². The Morgan fingerprint density at radius 1 is 1.17 bits per heavy atom. The lowest BCUT2D eigenvalue weighted by molar-refractivity contribution is 0.0992. The number of hydrogen-bond acceptors (Lipinski definition) is 4. The molecule has 0 spiro atoms. The van der Waals surface area contributed by atoms with Crippen molar-refractivity contribution in [3.8, 4) is 0 Å². The molecule has 3 aromatic rings. The number of nitrogens with zero attached hydrogens (tertiary/aromatic N) is 1. The predicted molar refractivity (Wildman–Crippen MR) is 91.9 cm³/mol. The normalized spacial score (nSPS) is 10.5. The summed E-state index contributed by atoms with van der Waals surface area (Å²) in [6.07, 6.45) is 3.50. The van der Waals surface area contributed by atoms with E-state index < -0.39 is 0 Å². The molecule has 1 N–H and O–H groups in total. The van der Waals surface area contributed by atoms with Crippen molar-refractivity contribution in [2.75, 3.05) is 5.32 Å². The Kier molecular flexibility index (Phi) is 5.00. The standard InChI is InChI=1S/C17H13ClN2O2S/c18-13-2-1-3-14(10-13)20-17(21)15-4-5-16(22-15)23-11-12-6-8-19-9-7-12/h1-10H,11H2,(H,20,21). The molecule has 4 nitrogen and oxygen atoms in total. The van der Waals surface area contributed by atoms with E-state index in [4.69, 9.17) is 16.0 Å². The highest BCUT2D eigenvalue weighted by Crippen LogP contribution is 2.25. The summed E-state index contributed by atoms with van der Waals surface area (Å²) in [5.74, 6) is 0.719. The molecule has 0 radical (unpaired) electrons. The van der Waals surface area contributed by atoms with Crippen LogP contribution in [0.4, 0.5) is 5.69 Å². The number of pyridine rings is 1. The topological polar surface area (TPSA) is 55.1 Å². The third kappa shape index (κ3) is 4.37. The van der Waals surface area contributed by atoms with Crippen molar-refractivity contribution in [2.24, 2.45) is 0 Å². The molecule has 0 bridgehead atoms. The van der Waals surface area contributed by atoms with Gasteiger partial charge in [0.25, 0.3) is 5.91 Å². The van der Waals surface area contributed by atoms with Gasteiger partial charge in [0.15, 0.2) is 10.9 Å². The van der Waals surface area contributed by atoms with Crippen LogP contribution >= 0.6 is 23.4 Å². The number of amides is 1. The summed E-state index contributed by atoms with van der Waals surface area (Å²) in [6.45, 7) is 0. The molecule has 0 atom stereocenters. The second kappa shape index (κ2) is 7.35. The summed E-state index contributed by atoms with van der Waals surface area (Å²) in [5.41, 5.74) is 1.77. The molecule has 1 aromatic carbocycles. The Labute approximate surface area is 142 Å². The first-order valence-corrected chi connectivity index (χ1v) is 8.25. The molecule has 2 aromatic heterocycles. The Balaban J connectivity index is 1.61. The van der Waals surface area contributed by atoms with E-state index in [1.165, 1.54) is 11.8 Å². The number of thioether (sulfide) groups is 1. The van der Waals surface area contributed by atoms with Gasteiger partial charge in [-0.15, -0.1) is 0 Å². The van der Waals surface area contributed by atoms with Gasteiger partial charge in [-0.2, -0.15) is 0 Å². The molecule has 3 rings (SSSR count). The Morgan fingerprint density at radius 2 is 2.00 bits per heavy atom. The van der Waals surface area contributed by atoms with E-state index in [1.807, 2.05) is 12.1 Å². The van der Waals surface area contributed by atoms with E-state index in [-0.39, 0.29) is 11.7 Å². The van der Waals surface area contributed by atoms with E-state index in [0.29, 0.717) is 15.8 Å². The first-order valence-electron chi connectivity index (χ1n) is 6.89. The fraction of sp³-hybridized carbons (Fsp3) is 0.0588. The predicted octanol–water partition coefficient (Wildman–Crippen LogP) is 4.87. The average molecular weight is 345 g/mol. The number of hydrogen-bond donors (Lipinski definition) is 1. The van der Waals surface area contributed by atoms with Crippen LogP contribution in [0.25, 0.3) is 0 Å². The minimum absolute atomic E-state index is 0.266. The largest absolute Gasteiger partial charge is 0.445 e. The van der Waals surface area contributed by atoms with Gasteiger partial charge in [-0.3, -0.25) is 9.78 Å². The van der Waals surface area contributed by atoms with Gasteiger partial charge in [-0.1, -0.05) is 29.4 Å². The zero-order valence-corrected chi connectivity index (χ0v) is 13.6. The van der Waals surface area contributed by atoms with Gasteiger partial charge < -0.3 is 9.73 Å². The summed E-state index contributed by atoms with van der Waals surface area (Å²) >= 11 is 7.42. The summed E-state index contributed by atoms with van der Waals surface area (Å²) < 4.78 is 5.57. The third-order valence-corrected chi connectivity index (χ3v) is 4.23. The van der Waals surface area contributed by atoms with Crippen LogP contribution in [-0.4, -0.2) is 10.9 Å². The molecule has 0 aliphatic heterocycles. The Bertz CT molecular complexity index is 805. The van der Waals surface area contributed by atoms with Crippen LogP contribution in [0.1, 0.15) is 16.1 Å². The van der Waals surface area contributed by atoms with Gasteiger partial charge in [0.1, 0.15) is 0 Å². The van der Waals surface area contributed by atoms with Crippen LogP contribution in [-0.2, 0) is 5.75 Å². The maximum absolute atomic E-state index is 12.1. The summed E-state index contributed by atoms with van der Waals surface area (Å²) in [7, 11) is 0. The number of anilines is 1. The first kappa shape index (κ1) is 15.6. The van der Waals surface area contributed by atoms with E-state index in [2.05, 4.69) is 10.3 Å². The molecule has 0 aliphatic rings. The number of aromatic nitrogens is 1. The lowest BCUT2D eigenvalue weighted by atomic mass is 10.3. The van der Waals surface area contributed by atoms with Crippen LogP contribution in [0.15, 0.2) is 70.4 Å². The van der Waals surface area contributed by atoms with Gasteiger partial charge in [0.2, 0.25) is 0 Å². The van der Waals surface area contributed by atoms with E-state index in [9.17, 15) is 4.79 Å². The van der Waals surface area contributed by atoms with Crippen LogP contribution in [0, 0.1) is 0 Å². The van der Waals surface area contributed by atoms with Crippen LogP contribution < -0.4 is 5.32 Å². The lowest BCUT2D eigenvalue weighted by Crippen LogP contribution is -2.10. The molecule has 0 saturated carbocycles. The zero-order chi connectivity index (χ0) is 16.1. The smallest absolute Gasteiger partial charge is 0.291 e. The van der Waals surface area contributed by atoms with Crippen LogP contribution in [0.5, 0.6) is 0 Å². The van der Waals surface area contributed by atoms with Gasteiger partial charge >= 0.3 is 0 Å². The highest BCUT2D eigenvalue weighted by atomic mass is 35.5. The average Bonchev–Trinajstić information content (AvgIpc) is 3.03. The Hall–Kier alpha value is -2.24. The highest BCUT2D eigenvalue weighted by molar-refractivity contribution is 7.98. The molecular formula is C17H13ClN2O2S. The van der Waals surface area contributed by atoms with Crippen molar-refractivity contribution in [2.45, 2.75) is 10.8 Å². The van der Waals surface area contributed by atoms with Crippen molar-refractivity contribution < 1.29 is 9.21 Å². The van der Waals surface area contributed by atoms with Crippen LogP contribution in [0.3, 0.4) is 0 Å². The van der Waals surface area contributed by atoms with E-state index in [0.717, 1.165) is 11.3 Å². The van der Waals surface area contributed by atoms with Gasteiger partial charge in [-0.25, -0.2) is 0 Å². The molecule has 6 heteroatoms. The Morgan fingerprint density at radius 3 is 2.78 bits per heavy atom. The summed E-state index contributed by atoms with van der Waals surface area (Å²) in [5, 5.41) is 4.01. The van der Waals surface area contributed by atoms with Crippen molar-refractivity contribution in [3.05, 3.63) is 77.3 Å². The first-order chi connectivity index (χ1) is 11.2. The maximum atomic E-state index is 12.1. The molecule has 0 fully saturated rings. The number of nitrogens with one attached hydrogen (secondary N) is 1. The van der Waals surface area contributed by atoms with Crippen molar-refractivity contribution in [1.82, 2.24) is 4.98 Å². The number of halogens is 1. The third-order valence-electron chi connectivity index (χ3n) is 3.02.